The van der Waals surface area contributed by atoms with Crippen LogP contribution in [0.2, 0.25) is 5.02 Å². The Balaban J connectivity index is 1.54. The highest BCUT2D eigenvalue weighted by Crippen LogP contribution is 2.32. The lowest BCUT2D eigenvalue weighted by molar-refractivity contribution is -0.136. The molecule has 0 radical (unpaired) electrons. The van der Waals surface area contributed by atoms with Gasteiger partial charge in [0.15, 0.2) is 0 Å². The molecular formula is C18H21ClN4O3. The molecule has 4 rings (SSSR count). The van der Waals surface area contributed by atoms with Crippen molar-refractivity contribution in [1.82, 2.24) is 20.4 Å². The number of piperazine rings is 1. The number of halogens is 1. The number of amides is 3. The quantitative estimate of drug-likeness (QED) is 0.751. The molecule has 2 saturated heterocycles. The molecule has 0 bridgehead atoms. The van der Waals surface area contributed by atoms with Crippen molar-refractivity contribution in [1.29, 1.82) is 0 Å². The number of rotatable bonds is 3. The fraction of sp³-hybridized carbons (Fsp3) is 0.500. The van der Waals surface area contributed by atoms with Crippen LogP contribution in [0.3, 0.4) is 0 Å². The standard InChI is InChI=1S/C18H21ClN4O3/c19-14-8-13-11(7-12(14)9-22-5-3-20-4-6-22)10-23(18(13)26)15-1-2-16(24)21-17(15)25/h7-8,15,20H,1-6,9-10H2,(H,21,24,25). The summed E-state index contributed by atoms with van der Waals surface area (Å²) in [5.74, 6) is -0.864. The van der Waals surface area contributed by atoms with Crippen LogP contribution in [0.15, 0.2) is 12.1 Å². The zero-order valence-electron chi connectivity index (χ0n) is 14.4. The number of carbonyl (C=O) groups excluding carboxylic acids is 3. The van der Waals surface area contributed by atoms with Gasteiger partial charge >= 0.3 is 0 Å². The van der Waals surface area contributed by atoms with Gasteiger partial charge in [-0.2, -0.15) is 0 Å². The molecule has 138 valence electrons. The van der Waals surface area contributed by atoms with E-state index in [9.17, 15) is 14.4 Å². The van der Waals surface area contributed by atoms with Gasteiger partial charge in [-0.1, -0.05) is 17.7 Å². The Labute approximate surface area is 156 Å². The lowest BCUT2D eigenvalue weighted by atomic mass is 10.0. The summed E-state index contributed by atoms with van der Waals surface area (Å²) in [6.07, 6.45) is 0.622. The number of carbonyl (C=O) groups is 3. The first-order valence-corrected chi connectivity index (χ1v) is 9.30. The van der Waals surface area contributed by atoms with Gasteiger partial charge in [0, 0.05) is 56.3 Å². The van der Waals surface area contributed by atoms with Gasteiger partial charge in [-0.25, -0.2) is 0 Å². The number of nitrogens with one attached hydrogen (secondary N) is 2. The second-order valence-electron chi connectivity index (χ2n) is 7.03. The second-order valence-corrected chi connectivity index (χ2v) is 7.43. The van der Waals surface area contributed by atoms with Crippen molar-refractivity contribution in [2.75, 3.05) is 26.2 Å². The number of benzene rings is 1. The molecule has 3 heterocycles. The molecule has 26 heavy (non-hydrogen) atoms. The molecule has 1 unspecified atom stereocenters. The molecule has 7 nitrogen and oxygen atoms in total. The number of nitrogens with zero attached hydrogens (tertiary/aromatic N) is 2. The first kappa shape index (κ1) is 17.5. The lowest BCUT2D eigenvalue weighted by Gasteiger charge is -2.29. The largest absolute Gasteiger partial charge is 0.322 e. The highest BCUT2D eigenvalue weighted by Gasteiger charge is 2.39. The van der Waals surface area contributed by atoms with Gasteiger partial charge in [0.25, 0.3) is 5.91 Å². The van der Waals surface area contributed by atoms with Gasteiger partial charge in [-0.3, -0.25) is 24.6 Å². The molecule has 0 aromatic heterocycles. The molecule has 1 aromatic rings. The van der Waals surface area contributed by atoms with Crippen LogP contribution in [0, 0.1) is 0 Å². The molecule has 0 saturated carbocycles. The zero-order chi connectivity index (χ0) is 18.3. The van der Waals surface area contributed by atoms with Crippen LogP contribution in [0.25, 0.3) is 0 Å². The van der Waals surface area contributed by atoms with Crippen molar-refractivity contribution in [3.63, 3.8) is 0 Å². The number of fused-ring (bicyclic) bond motifs is 1. The van der Waals surface area contributed by atoms with Gasteiger partial charge in [-0.15, -0.1) is 0 Å². The molecule has 3 aliphatic heterocycles. The molecule has 8 heteroatoms. The Kier molecular flexibility index (Phi) is 4.69. The fourth-order valence-corrected chi connectivity index (χ4v) is 4.10. The molecule has 2 N–H and O–H groups in total. The molecule has 3 amide bonds. The van der Waals surface area contributed by atoms with E-state index in [0.717, 1.165) is 43.9 Å². The summed E-state index contributed by atoms with van der Waals surface area (Å²) in [6, 6.07) is 3.12. The van der Waals surface area contributed by atoms with Crippen LogP contribution in [0.5, 0.6) is 0 Å². The van der Waals surface area contributed by atoms with E-state index in [1.165, 1.54) is 0 Å². The van der Waals surface area contributed by atoms with E-state index < -0.39 is 11.9 Å². The maximum atomic E-state index is 12.8. The highest BCUT2D eigenvalue weighted by molar-refractivity contribution is 6.31. The van der Waals surface area contributed by atoms with E-state index in [1.807, 2.05) is 6.07 Å². The highest BCUT2D eigenvalue weighted by atomic mass is 35.5. The van der Waals surface area contributed by atoms with Crippen molar-refractivity contribution in [3.05, 3.63) is 33.8 Å². The maximum Gasteiger partial charge on any atom is 0.255 e. The topological polar surface area (TPSA) is 81.8 Å². The van der Waals surface area contributed by atoms with E-state index in [0.29, 0.717) is 23.6 Å². The minimum atomic E-state index is -0.594. The summed E-state index contributed by atoms with van der Waals surface area (Å²) >= 11 is 6.44. The van der Waals surface area contributed by atoms with Crippen LogP contribution < -0.4 is 10.6 Å². The number of hydrogen-bond donors (Lipinski definition) is 2. The molecule has 3 aliphatic rings. The average Bonchev–Trinajstić information content (AvgIpc) is 2.92. The van der Waals surface area contributed by atoms with E-state index in [4.69, 9.17) is 11.6 Å². The smallest absolute Gasteiger partial charge is 0.255 e. The predicted octanol–water partition coefficient (Wildman–Crippen LogP) is 0.506. The normalized spacial score (nSPS) is 24.0. The summed E-state index contributed by atoms with van der Waals surface area (Å²) in [7, 11) is 0. The van der Waals surface area contributed by atoms with Crippen LogP contribution >= 0.6 is 11.6 Å². The van der Waals surface area contributed by atoms with Gasteiger partial charge < -0.3 is 10.2 Å². The van der Waals surface area contributed by atoms with Gasteiger partial charge in [0.2, 0.25) is 11.8 Å². The molecular weight excluding hydrogens is 356 g/mol. The summed E-state index contributed by atoms with van der Waals surface area (Å²) in [5.41, 5.74) is 2.46. The minimum Gasteiger partial charge on any atom is -0.322 e. The first-order chi connectivity index (χ1) is 12.5. The van der Waals surface area contributed by atoms with E-state index in [2.05, 4.69) is 15.5 Å². The predicted molar refractivity (Wildman–Crippen MR) is 95.6 cm³/mol. The van der Waals surface area contributed by atoms with Gasteiger partial charge in [-0.05, 0) is 23.6 Å². The first-order valence-electron chi connectivity index (χ1n) is 8.92. The SMILES string of the molecule is O=C1CCC(N2Cc3cc(CN4CCNCC4)c(Cl)cc3C2=O)C(=O)N1. The van der Waals surface area contributed by atoms with E-state index in [-0.39, 0.29) is 18.2 Å². The lowest BCUT2D eigenvalue weighted by Crippen LogP contribution is -2.52. The summed E-state index contributed by atoms with van der Waals surface area (Å²) in [5, 5.41) is 6.23. The Morgan fingerprint density at radius 1 is 1.15 bits per heavy atom. The second kappa shape index (κ2) is 6.98. The van der Waals surface area contributed by atoms with Crippen LogP contribution in [0.1, 0.15) is 34.3 Å². The summed E-state index contributed by atoms with van der Waals surface area (Å²) in [4.78, 5) is 40.1. The molecule has 0 aliphatic carbocycles. The number of piperidine rings is 1. The number of hydrogen-bond acceptors (Lipinski definition) is 5. The molecule has 2 fully saturated rings. The molecule has 1 atom stereocenters. The van der Waals surface area contributed by atoms with Crippen LogP contribution in [0.4, 0.5) is 0 Å². The van der Waals surface area contributed by atoms with Gasteiger partial charge in [0.1, 0.15) is 6.04 Å². The molecule has 0 spiro atoms. The summed E-state index contributed by atoms with van der Waals surface area (Å²) in [6.45, 7) is 4.99. The Hall–Kier alpha value is -1.96. The van der Waals surface area contributed by atoms with Crippen molar-refractivity contribution in [2.24, 2.45) is 0 Å². The minimum absolute atomic E-state index is 0.190. The van der Waals surface area contributed by atoms with Crippen molar-refractivity contribution in [3.8, 4) is 0 Å². The Bertz CT molecular complexity index is 776. The third kappa shape index (κ3) is 3.22. The maximum absolute atomic E-state index is 12.8. The monoisotopic (exact) mass is 376 g/mol. The Morgan fingerprint density at radius 3 is 2.65 bits per heavy atom. The van der Waals surface area contributed by atoms with Crippen molar-refractivity contribution in [2.45, 2.75) is 32.0 Å². The zero-order valence-corrected chi connectivity index (χ0v) is 15.1. The Morgan fingerprint density at radius 2 is 1.92 bits per heavy atom. The fourth-order valence-electron chi connectivity index (χ4n) is 3.87. The van der Waals surface area contributed by atoms with Gasteiger partial charge in [0.05, 0.1) is 0 Å². The van der Waals surface area contributed by atoms with Crippen LogP contribution in [-0.2, 0) is 22.7 Å². The van der Waals surface area contributed by atoms with E-state index in [1.54, 1.807) is 11.0 Å². The van der Waals surface area contributed by atoms with E-state index >= 15 is 0 Å². The van der Waals surface area contributed by atoms with Crippen LogP contribution in [-0.4, -0.2) is 59.7 Å². The third-order valence-electron chi connectivity index (χ3n) is 5.29. The van der Waals surface area contributed by atoms with Crippen molar-refractivity contribution >= 4 is 29.3 Å². The number of imide groups is 1. The third-order valence-corrected chi connectivity index (χ3v) is 5.65. The summed E-state index contributed by atoms with van der Waals surface area (Å²) < 4.78 is 0. The average molecular weight is 377 g/mol. The van der Waals surface area contributed by atoms with Crippen molar-refractivity contribution < 1.29 is 14.4 Å². The molecule has 1 aromatic carbocycles.